The molecule has 0 radical (unpaired) electrons. The van der Waals surface area contributed by atoms with Gasteiger partial charge in [0.15, 0.2) is 5.13 Å². The number of aromatic nitrogens is 2. The van der Waals surface area contributed by atoms with Crippen molar-refractivity contribution in [2.24, 2.45) is 7.05 Å². The maximum atomic E-state index is 12.7. The first-order valence-corrected chi connectivity index (χ1v) is 9.42. The summed E-state index contributed by atoms with van der Waals surface area (Å²) < 4.78 is 11.6. The number of carbonyl (C=O) groups excluding carboxylic acids is 3. The lowest BCUT2D eigenvalue weighted by molar-refractivity contribution is -0.142. The van der Waals surface area contributed by atoms with Gasteiger partial charge in [0.25, 0.3) is 5.91 Å². The summed E-state index contributed by atoms with van der Waals surface area (Å²) >= 11 is 1.22. The second-order valence-electron chi connectivity index (χ2n) is 5.79. The fraction of sp³-hybridized carbons (Fsp3) is 0.444. The van der Waals surface area contributed by atoms with Gasteiger partial charge in [0.1, 0.15) is 5.69 Å². The number of anilines is 1. The van der Waals surface area contributed by atoms with Crippen molar-refractivity contribution in [2.75, 3.05) is 18.5 Å². The van der Waals surface area contributed by atoms with E-state index in [0.717, 1.165) is 0 Å². The quantitative estimate of drug-likeness (QED) is 0.726. The fourth-order valence-electron chi connectivity index (χ4n) is 2.77. The second-order valence-corrected chi connectivity index (χ2v) is 6.65. The number of hydrogen-bond donors (Lipinski definition) is 1. The van der Waals surface area contributed by atoms with Crippen LogP contribution in [0.25, 0.3) is 0 Å². The van der Waals surface area contributed by atoms with E-state index in [2.05, 4.69) is 10.3 Å². The first kappa shape index (κ1) is 20.6. The van der Waals surface area contributed by atoms with Crippen molar-refractivity contribution in [3.63, 3.8) is 0 Å². The maximum absolute atomic E-state index is 12.7. The third-order valence-electron chi connectivity index (χ3n) is 4.03. The van der Waals surface area contributed by atoms with Crippen LogP contribution in [-0.2, 0) is 27.7 Å². The molecule has 1 amide bonds. The van der Waals surface area contributed by atoms with E-state index < -0.39 is 5.97 Å². The van der Waals surface area contributed by atoms with Gasteiger partial charge in [-0.05, 0) is 33.3 Å². The number of ether oxygens (including phenoxy) is 2. The second kappa shape index (κ2) is 8.81. The third kappa shape index (κ3) is 4.54. The van der Waals surface area contributed by atoms with E-state index in [0.29, 0.717) is 39.9 Å². The Morgan fingerprint density at radius 1 is 1.19 bits per heavy atom. The van der Waals surface area contributed by atoms with Gasteiger partial charge in [-0.15, -0.1) is 11.3 Å². The highest BCUT2D eigenvalue weighted by Crippen LogP contribution is 2.24. The molecule has 9 heteroatoms. The van der Waals surface area contributed by atoms with Gasteiger partial charge in [-0.25, -0.2) is 9.78 Å². The Bertz CT molecular complexity index is 869. The minimum atomic E-state index is -0.467. The molecule has 0 aliphatic heterocycles. The summed E-state index contributed by atoms with van der Waals surface area (Å²) in [5, 5.41) is 4.80. The van der Waals surface area contributed by atoms with Crippen molar-refractivity contribution >= 4 is 34.3 Å². The van der Waals surface area contributed by atoms with Crippen molar-refractivity contribution in [3.05, 3.63) is 33.6 Å². The van der Waals surface area contributed by atoms with Crippen LogP contribution in [0.5, 0.6) is 0 Å². The summed E-state index contributed by atoms with van der Waals surface area (Å²) in [7, 11) is 1.71. The van der Waals surface area contributed by atoms with Crippen molar-refractivity contribution in [2.45, 2.75) is 34.1 Å². The summed E-state index contributed by atoms with van der Waals surface area (Å²) in [6.07, 6.45) is 0.0522. The van der Waals surface area contributed by atoms with Crippen molar-refractivity contribution < 1.29 is 23.9 Å². The van der Waals surface area contributed by atoms with Crippen LogP contribution in [0.1, 0.15) is 51.6 Å². The molecule has 0 atom stereocenters. The summed E-state index contributed by atoms with van der Waals surface area (Å²) in [6.45, 7) is 7.50. The van der Waals surface area contributed by atoms with Crippen LogP contribution in [0, 0.1) is 13.8 Å². The molecular weight excluding hydrogens is 370 g/mol. The van der Waals surface area contributed by atoms with Gasteiger partial charge < -0.3 is 14.0 Å². The van der Waals surface area contributed by atoms with Crippen molar-refractivity contribution in [1.29, 1.82) is 0 Å². The number of esters is 2. The molecule has 2 heterocycles. The number of nitrogens with zero attached hydrogens (tertiary/aromatic N) is 2. The summed E-state index contributed by atoms with van der Waals surface area (Å²) in [6, 6.07) is 0. The normalized spacial score (nSPS) is 10.6. The lowest BCUT2D eigenvalue weighted by atomic mass is 10.1. The van der Waals surface area contributed by atoms with E-state index in [4.69, 9.17) is 9.47 Å². The topological polar surface area (TPSA) is 99.5 Å². The Balaban J connectivity index is 2.19. The SMILES string of the molecule is CCOC(=O)Cc1csc(NC(=O)c2c(C)c(C(=O)OCC)n(C)c2C)n1. The molecule has 1 N–H and O–H groups in total. The number of carbonyl (C=O) groups is 3. The molecule has 2 aromatic rings. The molecule has 2 aromatic heterocycles. The van der Waals surface area contributed by atoms with Gasteiger partial charge in [0, 0.05) is 18.1 Å². The predicted octanol–water partition coefficient (Wildman–Crippen LogP) is 2.63. The van der Waals surface area contributed by atoms with Gasteiger partial charge in [-0.3, -0.25) is 14.9 Å². The molecule has 27 heavy (non-hydrogen) atoms. The van der Waals surface area contributed by atoms with E-state index in [9.17, 15) is 14.4 Å². The standard InChI is InChI=1S/C18H23N3O5S/c1-6-25-13(22)8-12-9-27-18(19-12)20-16(23)14-10(3)15(17(24)26-7-2)21(5)11(14)4/h9H,6-8H2,1-5H3,(H,19,20,23). The molecule has 146 valence electrons. The van der Waals surface area contributed by atoms with Gasteiger partial charge in [0.05, 0.1) is 30.9 Å². The molecule has 0 saturated heterocycles. The number of thiazole rings is 1. The van der Waals surface area contributed by atoms with Crippen LogP contribution in [-0.4, -0.2) is 40.6 Å². The highest BCUT2D eigenvalue weighted by molar-refractivity contribution is 7.14. The van der Waals surface area contributed by atoms with Gasteiger partial charge >= 0.3 is 11.9 Å². The first-order chi connectivity index (χ1) is 12.8. The average molecular weight is 393 g/mol. The molecule has 0 aliphatic carbocycles. The van der Waals surface area contributed by atoms with E-state index >= 15 is 0 Å². The molecule has 0 bridgehead atoms. The van der Waals surface area contributed by atoms with Crippen LogP contribution >= 0.6 is 11.3 Å². The molecule has 8 nitrogen and oxygen atoms in total. The minimum Gasteiger partial charge on any atom is -0.466 e. The van der Waals surface area contributed by atoms with E-state index in [1.165, 1.54) is 11.3 Å². The van der Waals surface area contributed by atoms with Gasteiger partial charge in [-0.1, -0.05) is 0 Å². The zero-order chi connectivity index (χ0) is 20.1. The average Bonchev–Trinajstić information content (AvgIpc) is 3.10. The van der Waals surface area contributed by atoms with Crippen molar-refractivity contribution in [1.82, 2.24) is 9.55 Å². The lowest BCUT2D eigenvalue weighted by Gasteiger charge is -2.05. The molecule has 0 saturated carbocycles. The Morgan fingerprint density at radius 3 is 2.48 bits per heavy atom. The Kier molecular flexibility index (Phi) is 6.73. The summed E-state index contributed by atoms with van der Waals surface area (Å²) in [4.78, 5) is 40.7. The van der Waals surface area contributed by atoms with Crippen LogP contribution < -0.4 is 5.32 Å². The predicted molar refractivity (Wildman–Crippen MR) is 101 cm³/mol. The lowest BCUT2D eigenvalue weighted by Crippen LogP contribution is -2.14. The highest BCUT2D eigenvalue weighted by atomic mass is 32.1. The van der Waals surface area contributed by atoms with E-state index in [1.807, 2.05) is 0 Å². The smallest absolute Gasteiger partial charge is 0.355 e. The zero-order valence-electron chi connectivity index (χ0n) is 16.0. The number of hydrogen-bond acceptors (Lipinski definition) is 7. The zero-order valence-corrected chi connectivity index (χ0v) is 16.9. The molecular formula is C18H23N3O5S. The molecule has 0 spiro atoms. The van der Waals surface area contributed by atoms with E-state index in [-0.39, 0.29) is 24.9 Å². The van der Waals surface area contributed by atoms with E-state index in [1.54, 1.807) is 44.7 Å². The maximum Gasteiger partial charge on any atom is 0.355 e. The Morgan fingerprint density at radius 2 is 1.85 bits per heavy atom. The molecule has 0 aromatic carbocycles. The largest absolute Gasteiger partial charge is 0.466 e. The summed E-state index contributed by atoms with van der Waals surface area (Å²) in [5.41, 5.74) is 2.48. The highest BCUT2D eigenvalue weighted by Gasteiger charge is 2.26. The van der Waals surface area contributed by atoms with Crippen LogP contribution in [0.3, 0.4) is 0 Å². The minimum absolute atomic E-state index is 0.0522. The van der Waals surface area contributed by atoms with Crippen molar-refractivity contribution in [3.8, 4) is 0 Å². The fourth-order valence-corrected chi connectivity index (χ4v) is 3.47. The first-order valence-electron chi connectivity index (χ1n) is 8.54. The Hall–Kier alpha value is -2.68. The molecule has 0 fully saturated rings. The number of amides is 1. The van der Waals surface area contributed by atoms with Crippen LogP contribution in [0.2, 0.25) is 0 Å². The van der Waals surface area contributed by atoms with Crippen LogP contribution in [0.4, 0.5) is 5.13 Å². The monoisotopic (exact) mass is 393 g/mol. The summed E-state index contributed by atoms with van der Waals surface area (Å²) in [5.74, 6) is -1.20. The molecule has 2 rings (SSSR count). The van der Waals surface area contributed by atoms with Crippen LogP contribution in [0.15, 0.2) is 5.38 Å². The number of rotatable bonds is 7. The van der Waals surface area contributed by atoms with Gasteiger partial charge in [0.2, 0.25) is 0 Å². The van der Waals surface area contributed by atoms with Gasteiger partial charge in [-0.2, -0.15) is 0 Å². The third-order valence-corrected chi connectivity index (χ3v) is 4.84. The molecule has 0 aliphatic rings. The number of nitrogens with one attached hydrogen (secondary N) is 1. The molecule has 0 unspecified atom stereocenters. The Labute approximate surface area is 161 Å².